The van der Waals surface area contributed by atoms with Crippen LogP contribution in [0.4, 0.5) is 0 Å². The standard InChI is InChI=1S/C10H5BrCl2N6/c11-9-6(10-15-17-18-16-10)4-14-19(9)5-1-2-7(12)8(13)3-5/h1-4H,(H,15,16,17,18). The molecule has 0 radical (unpaired) electrons. The molecule has 0 atom stereocenters. The Morgan fingerprint density at radius 3 is 2.74 bits per heavy atom. The minimum Gasteiger partial charge on any atom is -0.226 e. The minimum atomic E-state index is 0.457. The highest BCUT2D eigenvalue weighted by atomic mass is 79.9. The van der Waals surface area contributed by atoms with Gasteiger partial charge in [0.2, 0.25) is 5.82 Å². The van der Waals surface area contributed by atoms with Crippen molar-refractivity contribution >= 4 is 39.1 Å². The molecule has 0 saturated heterocycles. The first-order valence-electron chi connectivity index (χ1n) is 5.09. The van der Waals surface area contributed by atoms with Gasteiger partial charge in [0.05, 0.1) is 27.5 Å². The van der Waals surface area contributed by atoms with Gasteiger partial charge in [-0.2, -0.15) is 10.3 Å². The fourth-order valence-corrected chi connectivity index (χ4v) is 2.42. The van der Waals surface area contributed by atoms with Gasteiger partial charge in [0, 0.05) is 0 Å². The Morgan fingerprint density at radius 2 is 2.05 bits per heavy atom. The van der Waals surface area contributed by atoms with Crippen LogP contribution in [0.25, 0.3) is 17.1 Å². The van der Waals surface area contributed by atoms with Gasteiger partial charge in [-0.1, -0.05) is 23.2 Å². The number of rotatable bonds is 2. The van der Waals surface area contributed by atoms with Crippen LogP contribution in [0.1, 0.15) is 0 Å². The summed E-state index contributed by atoms with van der Waals surface area (Å²) in [5, 5.41) is 18.9. The van der Waals surface area contributed by atoms with Crippen molar-refractivity contribution in [2.24, 2.45) is 0 Å². The Balaban J connectivity index is 2.09. The van der Waals surface area contributed by atoms with Crippen LogP contribution in [0.3, 0.4) is 0 Å². The van der Waals surface area contributed by atoms with Crippen molar-refractivity contribution < 1.29 is 0 Å². The lowest BCUT2D eigenvalue weighted by Gasteiger charge is -2.05. The highest BCUT2D eigenvalue weighted by Gasteiger charge is 2.15. The number of aromatic amines is 1. The second-order valence-electron chi connectivity index (χ2n) is 3.59. The summed E-state index contributed by atoms with van der Waals surface area (Å²) in [5.74, 6) is 0.457. The zero-order valence-corrected chi connectivity index (χ0v) is 12.3. The molecule has 0 bridgehead atoms. The number of aromatic nitrogens is 6. The van der Waals surface area contributed by atoms with Crippen LogP contribution in [0, 0.1) is 0 Å². The quantitative estimate of drug-likeness (QED) is 0.762. The smallest absolute Gasteiger partial charge is 0.209 e. The SMILES string of the molecule is Clc1ccc(-n2ncc(-c3nn[nH]n3)c2Br)cc1Cl. The van der Waals surface area contributed by atoms with Crippen molar-refractivity contribution in [1.82, 2.24) is 30.4 Å². The van der Waals surface area contributed by atoms with Crippen LogP contribution in [0.15, 0.2) is 29.0 Å². The molecule has 1 aromatic carbocycles. The van der Waals surface area contributed by atoms with E-state index in [1.807, 2.05) is 6.07 Å². The number of halogens is 3. The predicted molar refractivity (Wildman–Crippen MR) is 74.5 cm³/mol. The monoisotopic (exact) mass is 358 g/mol. The van der Waals surface area contributed by atoms with Gasteiger partial charge in [-0.25, -0.2) is 4.68 Å². The zero-order chi connectivity index (χ0) is 13.4. The molecule has 0 spiro atoms. The van der Waals surface area contributed by atoms with E-state index in [9.17, 15) is 0 Å². The Morgan fingerprint density at radius 1 is 1.21 bits per heavy atom. The number of hydrogen-bond acceptors (Lipinski definition) is 4. The van der Waals surface area contributed by atoms with Gasteiger partial charge in [-0.15, -0.1) is 10.2 Å². The van der Waals surface area contributed by atoms with Crippen molar-refractivity contribution in [2.45, 2.75) is 0 Å². The third-order valence-electron chi connectivity index (χ3n) is 2.44. The summed E-state index contributed by atoms with van der Waals surface area (Å²) in [6.45, 7) is 0. The summed E-state index contributed by atoms with van der Waals surface area (Å²) in [6, 6.07) is 5.25. The molecule has 0 saturated carbocycles. The van der Waals surface area contributed by atoms with Gasteiger partial charge in [0.1, 0.15) is 4.60 Å². The average Bonchev–Trinajstić information content (AvgIpc) is 3.02. The molecule has 0 aliphatic heterocycles. The normalized spacial score (nSPS) is 10.9. The number of benzene rings is 1. The van der Waals surface area contributed by atoms with E-state index in [0.29, 0.717) is 20.5 Å². The van der Waals surface area contributed by atoms with Crippen molar-refractivity contribution in [2.75, 3.05) is 0 Å². The van der Waals surface area contributed by atoms with Crippen LogP contribution in [-0.2, 0) is 0 Å². The molecular weight excluding hydrogens is 355 g/mol. The van der Waals surface area contributed by atoms with Gasteiger partial charge in [-0.05, 0) is 39.3 Å². The maximum Gasteiger partial charge on any atom is 0.209 e. The highest BCUT2D eigenvalue weighted by Crippen LogP contribution is 2.30. The zero-order valence-electron chi connectivity index (χ0n) is 9.18. The summed E-state index contributed by atoms with van der Waals surface area (Å²) in [6.07, 6.45) is 1.64. The predicted octanol–water partition coefficient (Wildman–Crippen LogP) is 3.12. The minimum absolute atomic E-state index is 0.457. The Labute approximate surface area is 125 Å². The Hall–Kier alpha value is -1.44. The first kappa shape index (κ1) is 12.6. The van der Waals surface area contributed by atoms with E-state index in [0.717, 1.165) is 11.3 Å². The van der Waals surface area contributed by atoms with Crippen molar-refractivity contribution in [1.29, 1.82) is 0 Å². The maximum atomic E-state index is 5.99. The van der Waals surface area contributed by atoms with Crippen LogP contribution in [-0.4, -0.2) is 30.4 Å². The lowest BCUT2D eigenvalue weighted by Crippen LogP contribution is -1.96. The molecule has 3 aromatic rings. The highest BCUT2D eigenvalue weighted by molar-refractivity contribution is 9.10. The molecule has 19 heavy (non-hydrogen) atoms. The second-order valence-corrected chi connectivity index (χ2v) is 5.16. The van der Waals surface area contributed by atoms with Crippen molar-refractivity contribution in [3.63, 3.8) is 0 Å². The van der Waals surface area contributed by atoms with Crippen molar-refractivity contribution in [3.05, 3.63) is 39.0 Å². The molecule has 96 valence electrons. The number of nitrogens with zero attached hydrogens (tertiary/aromatic N) is 5. The molecule has 6 nitrogen and oxygen atoms in total. The lowest BCUT2D eigenvalue weighted by molar-refractivity contribution is 0.861. The number of hydrogen-bond donors (Lipinski definition) is 1. The third kappa shape index (κ3) is 2.24. The molecule has 0 amide bonds. The molecule has 0 fully saturated rings. The van der Waals surface area contributed by atoms with E-state index >= 15 is 0 Å². The van der Waals surface area contributed by atoms with Gasteiger partial charge in [0.25, 0.3) is 0 Å². The molecule has 3 rings (SSSR count). The average molecular weight is 360 g/mol. The summed E-state index contributed by atoms with van der Waals surface area (Å²) >= 11 is 15.3. The van der Waals surface area contributed by atoms with Crippen LogP contribution < -0.4 is 0 Å². The first-order chi connectivity index (χ1) is 9.16. The summed E-state index contributed by atoms with van der Waals surface area (Å²) in [7, 11) is 0. The van der Waals surface area contributed by atoms with E-state index in [2.05, 4.69) is 41.7 Å². The molecule has 0 aliphatic carbocycles. The summed E-state index contributed by atoms with van der Waals surface area (Å²) < 4.78 is 2.36. The molecule has 0 aliphatic rings. The van der Waals surface area contributed by atoms with E-state index in [1.54, 1.807) is 23.0 Å². The Bertz CT molecular complexity index is 724. The maximum absolute atomic E-state index is 5.99. The van der Waals surface area contributed by atoms with Gasteiger partial charge in [-0.3, -0.25) is 0 Å². The van der Waals surface area contributed by atoms with Crippen LogP contribution in [0.5, 0.6) is 0 Å². The number of nitrogens with one attached hydrogen (secondary N) is 1. The van der Waals surface area contributed by atoms with Crippen molar-refractivity contribution in [3.8, 4) is 17.1 Å². The van der Waals surface area contributed by atoms with Crippen LogP contribution in [0.2, 0.25) is 10.0 Å². The van der Waals surface area contributed by atoms with E-state index in [4.69, 9.17) is 23.2 Å². The molecule has 2 heterocycles. The largest absolute Gasteiger partial charge is 0.226 e. The fourth-order valence-electron chi connectivity index (χ4n) is 1.56. The summed E-state index contributed by atoms with van der Waals surface area (Å²) in [4.78, 5) is 0. The number of tetrazole rings is 1. The van der Waals surface area contributed by atoms with Gasteiger partial charge >= 0.3 is 0 Å². The molecule has 9 heteroatoms. The molecule has 2 aromatic heterocycles. The molecule has 1 N–H and O–H groups in total. The fraction of sp³-hybridized carbons (Fsp3) is 0. The van der Waals surface area contributed by atoms with E-state index < -0.39 is 0 Å². The van der Waals surface area contributed by atoms with E-state index in [1.165, 1.54) is 0 Å². The molecule has 0 unspecified atom stereocenters. The number of H-pyrrole nitrogens is 1. The summed E-state index contributed by atoms with van der Waals surface area (Å²) in [5.41, 5.74) is 1.50. The lowest BCUT2D eigenvalue weighted by atomic mass is 10.3. The Kier molecular flexibility index (Phi) is 3.26. The topological polar surface area (TPSA) is 72.3 Å². The van der Waals surface area contributed by atoms with E-state index in [-0.39, 0.29) is 0 Å². The van der Waals surface area contributed by atoms with Crippen LogP contribution >= 0.6 is 39.1 Å². The molecular formula is C10H5BrCl2N6. The second kappa shape index (κ2) is 4.92. The van der Waals surface area contributed by atoms with Gasteiger partial charge < -0.3 is 0 Å². The first-order valence-corrected chi connectivity index (χ1v) is 6.64. The third-order valence-corrected chi connectivity index (χ3v) is 3.95. The van der Waals surface area contributed by atoms with Gasteiger partial charge in [0.15, 0.2) is 0 Å².